The van der Waals surface area contributed by atoms with Crippen LogP contribution in [0.4, 0.5) is 13.2 Å². The van der Waals surface area contributed by atoms with Crippen LogP contribution in [0, 0.1) is 11.3 Å². The van der Waals surface area contributed by atoms with E-state index in [0.29, 0.717) is 4.90 Å². The average Bonchev–Trinajstić information content (AvgIpc) is 2.46. The van der Waals surface area contributed by atoms with E-state index in [0.717, 1.165) is 16.5 Å². The summed E-state index contributed by atoms with van der Waals surface area (Å²) < 4.78 is 38.1. The second kappa shape index (κ2) is 6.20. The highest BCUT2D eigenvalue weighted by molar-refractivity contribution is 7.99. The average molecular weight is 309 g/mol. The SMILES string of the molecule is N#Cc1cc(Sc2ccc(CO)cc2)ccc1C(F)(F)F. The van der Waals surface area contributed by atoms with Crippen LogP contribution in [0.1, 0.15) is 16.7 Å². The van der Waals surface area contributed by atoms with Crippen LogP contribution >= 0.6 is 11.8 Å². The smallest absolute Gasteiger partial charge is 0.392 e. The molecule has 6 heteroatoms. The van der Waals surface area contributed by atoms with Gasteiger partial charge in [0.1, 0.15) is 0 Å². The van der Waals surface area contributed by atoms with Gasteiger partial charge in [0.2, 0.25) is 0 Å². The summed E-state index contributed by atoms with van der Waals surface area (Å²) in [5, 5.41) is 17.8. The van der Waals surface area contributed by atoms with Crippen LogP contribution in [0.5, 0.6) is 0 Å². The Balaban J connectivity index is 2.27. The van der Waals surface area contributed by atoms with E-state index < -0.39 is 11.7 Å². The summed E-state index contributed by atoms with van der Waals surface area (Å²) in [7, 11) is 0. The molecule has 0 aliphatic rings. The Morgan fingerprint density at radius 3 is 2.19 bits per heavy atom. The van der Waals surface area contributed by atoms with Crippen molar-refractivity contribution in [1.82, 2.24) is 0 Å². The maximum atomic E-state index is 12.7. The first-order valence-corrected chi connectivity index (χ1v) is 6.74. The van der Waals surface area contributed by atoms with Gasteiger partial charge in [0, 0.05) is 9.79 Å². The van der Waals surface area contributed by atoms with Gasteiger partial charge in [0.15, 0.2) is 0 Å². The van der Waals surface area contributed by atoms with Crippen molar-refractivity contribution < 1.29 is 18.3 Å². The van der Waals surface area contributed by atoms with Gasteiger partial charge >= 0.3 is 6.18 Å². The molecule has 0 bridgehead atoms. The quantitative estimate of drug-likeness (QED) is 0.923. The zero-order chi connectivity index (χ0) is 15.5. The van der Waals surface area contributed by atoms with Gasteiger partial charge in [-0.15, -0.1) is 0 Å². The van der Waals surface area contributed by atoms with Gasteiger partial charge in [-0.1, -0.05) is 23.9 Å². The van der Waals surface area contributed by atoms with Crippen LogP contribution in [0.25, 0.3) is 0 Å². The van der Waals surface area contributed by atoms with Crippen LogP contribution in [0.15, 0.2) is 52.3 Å². The fraction of sp³-hybridized carbons (Fsp3) is 0.133. The van der Waals surface area contributed by atoms with E-state index in [2.05, 4.69) is 0 Å². The molecule has 0 saturated carbocycles. The minimum Gasteiger partial charge on any atom is -0.392 e. The van der Waals surface area contributed by atoms with Gasteiger partial charge < -0.3 is 5.11 Å². The normalized spacial score (nSPS) is 11.2. The van der Waals surface area contributed by atoms with Crippen LogP contribution < -0.4 is 0 Å². The number of benzene rings is 2. The van der Waals surface area contributed by atoms with Crippen molar-refractivity contribution in [3.8, 4) is 6.07 Å². The molecule has 0 atom stereocenters. The van der Waals surface area contributed by atoms with Crippen molar-refractivity contribution in [1.29, 1.82) is 5.26 Å². The van der Waals surface area contributed by atoms with Crippen LogP contribution in [-0.2, 0) is 12.8 Å². The number of aliphatic hydroxyl groups excluding tert-OH is 1. The Bertz CT molecular complexity index is 675. The summed E-state index contributed by atoms with van der Waals surface area (Å²) in [4.78, 5) is 1.37. The van der Waals surface area contributed by atoms with E-state index in [1.807, 2.05) is 0 Å². The number of rotatable bonds is 3. The Kier molecular flexibility index (Phi) is 4.56. The van der Waals surface area contributed by atoms with Gasteiger partial charge in [-0.05, 0) is 35.9 Å². The van der Waals surface area contributed by atoms with Crippen LogP contribution in [-0.4, -0.2) is 5.11 Å². The molecule has 0 aliphatic heterocycles. The zero-order valence-electron chi connectivity index (χ0n) is 10.7. The number of hydrogen-bond acceptors (Lipinski definition) is 3. The Labute approximate surface area is 123 Å². The lowest BCUT2D eigenvalue weighted by atomic mass is 10.1. The number of hydrogen-bond donors (Lipinski definition) is 1. The van der Waals surface area contributed by atoms with Gasteiger partial charge in [0.25, 0.3) is 0 Å². The topological polar surface area (TPSA) is 44.0 Å². The first kappa shape index (κ1) is 15.4. The summed E-state index contributed by atoms with van der Waals surface area (Å²) in [5.41, 5.74) is -0.561. The Morgan fingerprint density at radius 1 is 1.05 bits per heavy atom. The molecule has 0 radical (unpaired) electrons. The van der Waals surface area contributed by atoms with Gasteiger partial charge in [-0.25, -0.2) is 0 Å². The highest BCUT2D eigenvalue weighted by Gasteiger charge is 2.33. The molecule has 2 aromatic rings. The van der Waals surface area contributed by atoms with Gasteiger partial charge in [-0.2, -0.15) is 18.4 Å². The number of alkyl halides is 3. The maximum absolute atomic E-state index is 12.7. The maximum Gasteiger partial charge on any atom is 0.417 e. The molecule has 0 spiro atoms. The molecule has 2 nitrogen and oxygen atoms in total. The van der Waals surface area contributed by atoms with Crippen molar-refractivity contribution in [2.24, 2.45) is 0 Å². The summed E-state index contributed by atoms with van der Waals surface area (Å²) in [6.45, 7) is -0.0657. The molecular weight excluding hydrogens is 299 g/mol. The third-order valence-electron chi connectivity index (χ3n) is 2.76. The lowest BCUT2D eigenvalue weighted by Gasteiger charge is -2.10. The van der Waals surface area contributed by atoms with Gasteiger partial charge in [0.05, 0.1) is 23.8 Å². The van der Waals surface area contributed by atoms with Crippen molar-refractivity contribution in [2.45, 2.75) is 22.6 Å². The molecule has 1 N–H and O–H groups in total. The summed E-state index contributed by atoms with van der Waals surface area (Å²) in [6.07, 6.45) is -4.53. The molecule has 0 fully saturated rings. The van der Waals surface area contributed by atoms with Crippen LogP contribution in [0.2, 0.25) is 0 Å². The predicted molar refractivity (Wildman–Crippen MR) is 72.6 cm³/mol. The molecule has 2 aromatic carbocycles. The fourth-order valence-corrected chi connectivity index (χ4v) is 2.58. The summed E-state index contributed by atoms with van der Waals surface area (Å²) in [5.74, 6) is 0. The minimum absolute atomic E-state index is 0.0657. The van der Waals surface area contributed by atoms with Gasteiger partial charge in [-0.3, -0.25) is 0 Å². The molecule has 0 aromatic heterocycles. The third kappa shape index (κ3) is 3.78. The number of halogens is 3. The first-order valence-electron chi connectivity index (χ1n) is 5.93. The second-order valence-electron chi connectivity index (χ2n) is 4.22. The fourth-order valence-electron chi connectivity index (χ4n) is 1.73. The molecule has 0 amide bonds. The molecule has 2 rings (SSSR count). The third-order valence-corrected chi connectivity index (χ3v) is 3.76. The van der Waals surface area contributed by atoms with E-state index >= 15 is 0 Å². The molecule has 0 unspecified atom stereocenters. The predicted octanol–water partition coefficient (Wildman–Crippen LogP) is 4.22. The van der Waals surface area contributed by atoms with Crippen LogP contribution in [0.3, 0.4) is 0 Å². The van der Waals surface area contributed by atoms with E-state index in [4.69, 9.17) is 10.4 Å². The Hall–Kier alpha value is -1.97. The standard InChI is InChI=1S/C15H10F3NOS/c16-15(17,18)14-6-5-13(7-11(14)8-19)21-12-3-1-10(9-20)2-4-12/h1-7,20H,9H2. The lowest BCUT2D eigenvalue weighted by Crippen LogP contribution is -2.07. The molecule has 0 aliphatic carbocycles. The minimum atomic E-state index is -4.53. The molecule has 21 heavy (non-hydrogen) atoms. The van der Waals surface area contributed by atoms with Crippen molar-refractivity contribution in [2.75, 3.05) is 0 Å². The highest BCUT2D eigenvalue weighted by atomic mass is 32.2. The monoisotopic (exact) mass is 309 g/mol. The number of aliphatic hydroxyl groups is 1. The molecular formula is C15H10F3NOS. The van der Waals surface area contributed by atoms with Crippen molar-refractivity contribution in [3.63, 3.8) is 0 Å². The summed E-state index contributed by atoms with van der Waals surface area (Å²) >= 11 is 1.26. The largest absolute Gasteiger partial charge is 0.417 e. The number of nitrogens with zero attached hydrogens (tertiary/aromatic N) is 1. The second-order valence-corrected chi connectivity index (χ2v) is 5.37. The number of nitriles is 1. The molecule has 0 heterocycles. The van der Waals surface area contributed by atoms with Crippen molar-refractivity contribution in [3.05, 3.63) is 59.2 Å². The van der Waals surface area contributed by atoms with E-state index in [1.165, 1.54) is 23.9 Å². The lowest BCUT2D eigenvalue weighted by molar-refractivity contribution is -0.137. The highest BCUT2D eigenvalue weighted by Crippen LogP contribution is 2.35. The zero-order valence-corrected chi connectivity index (χ0v) is 11.5. The first-order chi connectivity index (χ1) is 9.94. The van der Waals surface area contributed by atoms with E-state index in [1.54, 1.807) is 30.3 Å². The van der Waals surface area contributed by atoms with E-state index in [9.17, 15) is 13.2 Å². The molecule has 0 saturated heterocycles. The van der Waals surface area contributed by atoms with Crippen molar-refractivity contribution >= 4 is 11.8 Å². The Morgan fingerprint density at radius 2 is 1.67 bits per heavy atom. The molecule has 108 valence electrons. The van der Waals surface area contributed by atoms with E-state index in [-0.39, 0.29) is 12.2 Å². The summed E-state index contributed by atoms with van der Waals surface area (Å²) in [6, 6.07) is 12.1.